The van der Waals surface area contributed by atoms with Crippen LogP contribution < -0.4 is 19.5 Å². The summed E-state index contributed by atoms with van der Waals surface area (Å²) >= 11 is 0. The number of amides is 1. The number of carbonyl (C=O) groups excluding carboxylic acids is 1. The van der Waals surface area contributed by atoms with Gasteiger partial charge in [-0.2, -0.15) is 8.78 Å². The van der Waals surface area contributed by atoms with E-state index in [-0.39, 0.29) is 35.6 Å². The largest absolute Gasteiger partial charge is 0.493 e. The molecule has 1 heterocycles. The Labute approximate surface area is 139 Å². The van der Waals surface area contributed by atoms with Crippen LogP contribution in [-0.2, 0) is 0 Å². The number of halogens is 3. The summed E-state index contributed by atoms with van der Waals surface area (Å²) in [7, 11) is 2.62. The van der Waals surface area contributed by atoms with Crippen LogP contribution in [0.25, 0.3) is 0 Å². The molecule has 0 unspecified atom stereocenters. The Hall–Kier alpha value is -1.80. The first-order valence-electron chi connectivity index (χ1n) is 6.77. The summed E-state index contributed by atoms with van der Waals surface area (Å²) in [5.74, 6) is -0.380. The van der Waals surface area contributed by atoms with Crippen molar-refractivity contribution in [3.05, 3.63) is 17.7 Å². The van der Waals surface area contributed by atoms with Crippen molar-refractivity contribution in [1.29, 1.82) is 0 Å². The Morgan fingerprint density at radius 1 is 1.17 bits per heavy atom. The molecule has 1 aromatic rings. The molecule has 130 valence electrons. The molecule has 1 aromatic carbocycles. The Morgan fingerprint density at radius 2 is 1.70 bits per heavy atom. The van der Waals surface area contributed by atoms with Crippen LogP contribution in [-0.4, -0.2) is 57.8 Å². The van der Waals surface area contributed by atoms with Gasteiger partial charge in [-0.25, -0.2) is 0 Å². The fraction of sp³-hybridized carbons (Fsp3) is 0.500. The fourth-order valence-electron chi connectivity index (χ4n) is 2.26. The molecule has 1 fully saturated rings. The van der Waals surface area contributed by atoms with Gasteiger partial charge in [0.25, 0.3) is 5.91 Å². The molecule has 6 nitrogen and oxygen atoms in total. The highest BCUT2D eigenvalue weighted by Crippen LogP contribution is 2.39. The first-order chi connectivity index (χ1) is 10.6. The molecule has 23 heavy (non-hydrogen) atoms. The van der Waals surface area contributed by atoms with Gasteiger partial charge in [0.15, 0.2) is 11.5 Å². The van der Waals surface area contributed by atoms with Crippen LogP contribution in [0.1, 0.15) is 10.4 Å². The van der Waals surface area contributed by atoms with E-state index in [1.54, 1.807) is 4.90 Å². The Morgan fingerprint density at radius 3 is 2.13 bits per heavy atom. The number of hydrogen-bond donors (Lipinski definition) is 1. The maximum atomic E-state index is 12.5. The second kappa shape index (κ2) is 8.73. The van der Waals surface area contributed by atoms with E-state index in [9.17, 15) is 13.6 Å². The van der Waals surface area contributed by atoms with Crippen molar-refractivity contribution >= 4 is 18.3 Å². The summed E-state index contributed by atoms with van der Waals surface area (Å²) in [5.41, 5.74) is 0.303. The number of hydrogen-bond acceptors (Lipinski definition) is 5. The minimum absolute atomic E-state index is 0. The molecule has 0 aromatic heterocycles. The SMILES string of the molecule is COc1cc(C(=O)N2CCNCC2)cc(OC)c1OC(F)F.Cl. The molecule has 0 bridgehead atoms. The number of alkyl halides is 2. The van der Waals surface area contributed by atoms with Crippen molar-refractivity contribution in [2.24, 2.45) is 0 Å². The lowest BCUT2D eigenvalue weighted by molar-refractivity contribution is -0.0526. The summed E-state index contributed by atoms with van der Waals surface area (Å²) in [6.45, 7) is -0.422. The summed E-state index contributed by atoms with van der Waals surface area (Å²) in [6.07, 6.45) is 0. The molecule has 1 aliphatic heterocycles. The number of benzene rings is 1. The van der Waals surface area contributed by atoms with Crippen molar-refractivity contribution in [2.45, 2.75) is 6.61 Å². The Balaban J connectivity index is 0.00000264. The molecule has 2 rings (SSSR count). The maximum absolute atomic E-state index is 12.5. The zero-order valence-corrected chi connectivity index (χ0v) is 13.6. The van der Waals surface area contributed by atoms with Crippen molar-refractivity contribution in [1.82, 2.24) is 10.2 Å². The molecule has 1 N–H and O–H groups in total. The van der Waals surface area contributed by atoms with E-state index in [0.717, 1.165) is 0 Å². The molecular weight excluding hydrogens is 334 g/mol. The second-order valence-electron chi connectivity index (χ2n) is 4.63. The topological polar surface area (TPSA) is 60.0 Å². The van der Waals surface area contributed by atoms with Gasteiger partial charge in [0.2, 0.25) is 5.75 Å². The van der Waals surface area contributed by atoms with E-state index in [4.69, 9.17) is 9.47 Å². The molecule has 0 radical (unpaired) electrons. The van der Waals surface area contributed by atoms with Crippen LogP contribution in [0, 0.1) is 0 Å². The minimum Gasteiger partial charge on any atom is -0.493 e. The highest BCUT2D eigenvalue weighted by atomic mass is 35.5. The average molecular weight is 353 g/mol. The Kier molecular flexibility index (Phi) is 7.31. The summed E-state index contributed by atoms with van der Waals surface area (Å²) in [4.78, 5) is 14.1. The number of piperazine rings is 1. The molecule has 9 heteroatoms. The van der Waals surface area contributed by atoms with Gasteiger partial charge in [-0.05, 0) is 12.1 Å². The van der Waals surface area contributed by atoms with E-state index >= 15 is 0 Å². The second-order valence-corrected chi connectivity index (χ2v) is 4.63. The van der Waals surface area contributed by atoms with E-state index in [1.807, 2.05) is 0 Å². The third-order valence-corrected chi connectivity index (χ3v) is 3.32. The number of carbonyl (C=O) groups is 1. The number of rotatable bonds is 5. The monoisotopic (exact) mass is 352 g/mol. The van der Waals surface area contributed by atoms with Gasteiger partial charge in [-0.15, -0.1) is 12.4 Å². The molecule has 1 saturated heterocycles. The van der Waals surface area contributed by atoms with E-state index < -0.39 is 6.61 Å². The van der Waals surface area contributed by atoms with Gasteiger partial charge in [0.05, 0.1) is 14.2 Å². The number of methoxy groups -OCH3 is 2. The lowest BCUT2D eigenvalue weighted by Gasteiger charge is -2.27. The molecule has 0 atom stereocenters. The van der Waals surface area contributed by atoms with E-state index in [1.165, 1.54) is 26.4 Å². The molecule has 0 saturated carbocycles. The molecule has 1 aliphatic rings. The smallest absolute Gasteiger partial charge is 0.387 e. The van der Waals surface area contributed by atoms with Gasteiger partial charge in [-0.1, -0.05) is 0 Å². The molecule has 0 aliphatic carbocycles. The lowest BCUT2D eigenvalue weighted by atomic mass is 10.1. The highest BCUT2D eigenvalue weighted by Gasteiger charge is 2.23. The molecule has 0 spiro atoms. The third-order valence-electron chi connectivity index (χ3n) is 3.32. The van der Waals surface area contributed by atoms with Crippen molar-refractivity contribution in [3.63, 3.8) is 0 Å². The normalized spacial score (nSPS) is 14.2. The van der Waals surface area contributed by atoms with Gasteiger partial charge >= 0.3 is 6.61 Å². The van der Waals surface area contributed by atoms with Crippen molar-refractivity contribution in [2.75, 3.05) is 40.4 Å². The predicted octanol–water partition coefficient (Wildman–Crippen LogP) is 1.77. The van der Waals surface area contributed by atoms with Gasteiger partial charge in [0, 0.05) is 31.7 Å². The average Bonchev–Trinajstić information content (AvgIpc) is 2.54. The Bertz CT molecular complexity index is 515. The van der Waals surface area contributed by atoms with Crippen LogP contribution in [0.5, 0.6) is 17.2 Å². The number of ether oxygens (including phenoxy) is 3. The van der Waals surface area contributed by atoms with Crippen molar-refractivity contribution < 1.29 is 27.8 Å². The molecular formula is C14H19ClF2N2O4. The summed E-state index contributed by atoms with van der Waals surface area (Å²) < 4.78 is 39.5. The fourth-order valence-corrected chi connectivity index (χ4v) is 2.26. The summed E-state index contributed by atoms with van der Waals surface area (Å²) in [5, 5.41) is 3.15. The van der Waals surface area contributed by atoms with Gasteiger partial charge in [0.1, 0.15) is 0 Å². The molecule has 1 amide bonds. The van der Waals surface area contributed by atoms with Crippen LogP contribution in [0.4, 0.5) is 8.78 Å². The zero-order valence-electron chi connectivity index (χ0n) is 12.8. The van der Waals surface area contributed by atoms with Crippen LogP contribution in [0.2, 0.25) is 0 Å². The van der Waals surface area contributed by atoms with Crippen LogP contribution >= 0.6 is 12.4 Å². The minimum atomic E-state index is -3.02. The first-order valence-corrected chi connectivity index (χ1v) is 6.77. The standard InChI is InChI=1S/C14H18F2N2O4.ClH/c1-20-10-7-9(13(19)18-5-3-17-4-6-18)8-11(21-2)12(10)22-14(15)16;/h7-8,14,17H,3-6H2,1-2H3;1H. The van der Waals surface area contributed by atoms with Crippen molar-refractivity contribution in [3.8, 4) is 17.2 Å². The van der Waals surface area contributed by atoms with E-state index in [2.05, 4.69) is 10.1 Å². The van der Waals surface area contributed by atoms with Gasteiger partial charge < -0.3 is 24.4 Å². The lowest BCUT2D eigenvalue weighted by Crippen LogP contribution is -2.46. The van der Waals surface area contributed by atoms with Crippen LogP contribution in [0.15, 0.2) is 12.1 Å². The summed E-state index contributed by atoms with van der Waals surface area (Å²) in [6, 6.07) is 2.76. The quantitative estimate of drug-likeness (QED) is 0.875. The highest BCUT2D eigenvalue weighted by molar-refractivity contribution is 5.95. The van der Waals surface area contributed by atoms with Crippen LogP contribution in [0.3, 0.4) is 0 Å². The number of nitrogens with one attached hydrogen (secondary N) is 1. The first kappa shape index (κ1) is 19.2. The zero-order chi connectivity index (χ0) is 16.1. The van der Waals surface area contributed by atoms with E-state index in [0.29, 0.717) is 31.7 Å². The third kappa shape index (κ3) is 4.59. The van der Waals surface area contributed by atoms with Gasteiger partial charge in [-0.3, -0.25) is 4.79 Å². The number of nitrogens with zero attached hydrogens (tertiary/aromatic N) is 1. The predicted molar refractivity (Wildman–Crippen MR) is 82.2 cm³/mol. The maximum Gasteiger partial charge on any atom is 0.387 e.